The molecule has 43 heavy (non-hydrogen) atoms. The zero-order valence-electron chi connectivity index (χ0n) is 22.9. The van der Waals surface area contributed by atoms with Crippen molar-refractivity contribution >= 4 is 29.2 Å². The Labute approximate surface area is 247 Å². The van der Waals surface area contributed by atoms with Crippen molar-refractivity contribution in [2.24, 2.45) is 0 Å². The highest BCUT2D eigenvalue weighted by atomic mass is 16.5. The van der Waals surface area contributed by atoms with Gasteiger partial charge in [-0.1, -0.05) is 48.5 Å². The molecular formula is C34H27N3O6. The molecule has 1 heterocycles. The Morgan fingerprint density at radius 2 is 1.47 bits per heavy atom. The van der Waals surface area contributed by atoms with Crippen LogP contribution in [0.5, 0.6) is 17.4 Å². The van der Waals surface area contributed by atoms with Crippen LogP contribution in [-0.4, -0.2) is 27.9 Å². The fourth-order valence-corrected chi connectivity index (χ4v) is 4.16. The number of hydrogen-bond acceptors (Lipinski definition) is 6. The third-order valence-corrected chi connectivity index (χ3v) is 6.27. The molecule has 4 aromatic carbocycles. The van der Waals surface area contributed by atoms with Crippen LogP contribution in [0.2, 0.25) is 0 Å². The molecular weight excluding hydrogens is 546 g/mol. The number of amides is 2. The second kappa shape index (κ2) is 13.6. The number of carbonyl (C=O) groups excluding carboxylic acids is 2. The van der Waals surface area contributed by atoms with Crippen molar-refractivity contribution in [2.75, 3.05) is 10.6 Å². The van der Waals surface area contributed by atoms with Crippen LogP contribution in [0.1, 0.15) is 31.8 Å². The topological polar surface area (TPSA) is 127 Å². The largest absolute Gasteiger partial charge is 0.489 e. The molecule has 0 spiro atoms. The molecule has 0 unspecified atom stereocenters. The molecule has 0 atom stereocenters. The minimum atomic E-state index is -1.12. The number of carboxylic acid groups (broad SMARTS) is 1. The fourth-order valence-electron chi connectivity index (χ4n) is 4.16. The summed E-state index contributed by atoms with van der Waals surface area (Å²) in [5.74, 6) is -0.101. The molecule has 2 amide bonds. The van der Waals surface area contributed by atoms with Gasteiger partial charge >= 0.3 is 5.97 Å². The van der Waals surface area contributed by atoms with E-state index in [0.29, 0.717) is 40.8 Å². The summed E-state index contributed by atoms with van der Waals surface area (Å²) in [6, 6.07) is 33.2. The van der Waals surface area contributed by atoms with Crippen molar-refractivity contribution in [2.45, 2.75) is 13.0 Å². The summed E-state index contributed by atoms with van der Waals surface area (Å²) in [5.41, 5.74) is 3.07. The van der Waals surface area contributed by atoms with Gasteiger partial charge in [0.05, 0.1) is 17.7 Å². The molecule has 0 aliphatic heterocycles. The van der Waals surface area contributed by atoms with Gasteiger partial charge in [0.25, 0.3) is 5.91 Å². The van der Waals surface area contributed by atoms with E-state index in [4.69, 9.17) is 9.47 Å². The second-order valence-electron chi connectivity index (χ2n) is 9.46. The Bertz CT molecular complexity index is 1720. The van der Waals surface area contributed by atoms with E-state index in [2.05, 4.69) is 15.6 Å². The Balaban J connectivity index is 1.10. The van der Waals surface area contributed by atoms with Gasteiger partial charge in [0.2, 0.25) is 11.8 Å². The van der Waals surface area contributed by atoms with Crippen LogP contribution in [0.4, 0.5) is 11.4 Å². The van der Waals surface area contributed by atoms with E-state index in [1.54, 1.807) is 66.7 Å². The fraction of sp³-hybridized carbons (Fsp3) is 0.0588. The van der Waals surface area contributed by atoms with Crippen LogP contribution in [0.15, 0.2) is 121 Å². The third-order valence-electron chi connectivity index (χ3n) is 6.27. The summed E-state index contributed by atoms with van der Waals surface area (Å²) in [6.07, 6.45) is 1.56. The van der Waals surface area contributed by atoms with Gasteiger partial charge in [-0.3, -0.25) is 9.59 Å². The first kappa shape index (κ1) is 28.6. The summed E-state index contributed by atoms with van der Waals surface area (Å²) >= 11 is 0. The predicted molar refractivity (Wildman–Crippen MR) is 162 cm³/mol. The molecule has 0 aliphatic carbocycles. The maximum Gasteiger partial charge on any atom is 0.337 e. The lowest BCUT2D eigenvalue weighted by Crippen LogP contribution is -2.16. The Hall–Kier alpha value is -5.96. The van der Waals surface area contributed by atoms with E-state index >= 15 is 0 Å². The van der Waals surface area contributed by atoms with E-state index in [-0.39, 0.29) is 29.5 Å². The first-order valence-electron chi connectivity index (χ1n) is 13.4. The van der Waals surface area contributed by atoms with Crippen molar-refractivity contribution in [3.05, 3.63) is 144 Å². The molecule has 5 aromatic rings. The lowest BCUT2D eigenvalue weighted by Gasteiger charge is -2.10. The minimum Gasteiger partial charge on any atom is -0.489 e. The average molecular weight is 574 g/mol. The number of ether oxygens (including phenoxy) is 2. The quantitative estimate of drug-likeness (QED) is 0.163. The zero-order chi connectivity index (χ0) is 30.0. The van der Waals surface area contributed by atoms with Crippen LogP contribution in [0.25, 0.3) is 0 Å². The van der Waals surface area contributed by atoms with Crippen molar-refractivity contribution < 1.29 is 29.0 Å². The molecule has 5 rings (SSSR count). The van der Waals surface area contributed by atoms with Gasteiger partial charge in [0, 0.05) is 23.5 Å². The molecule has 9 nitrogen and oxygen atoms in total. The minimum absolute atomic E-state index is 0.0212. The molecule has 0 radical (unpaired) electrons. The zero-order valence-corrected chi connectivity index (χ0v) is 22.9. The SMILES string of the molecule is O=C(Cc1ccc(Oc2ccc(OCc3cccc(NC(=O)c4ccccc4)c3)cc2)nc1)Nc1ccccc1C(=O)O. The van der Waals surface area contributed by atoms with E-state index < -0.39 is 5.97 Å². The molecule has 0 aliphatic rings. The molecule has 9 heteroatoms. The molecule has 0 saturated heterocycles. The van der Waals surface area contributed by atoms with Gasteiger partial charge in [0.15, 0.2) is 0 Å². The number of benzene rings is 4. The number of carboxylic acids is 1. The van der Waals surface area contributed by atoms with Crippen LogP contribution in [0.3, 0.4) is 0 Å². The highest BCUT2D eigenvalue weighted by Crippen LogP contribution is 2.24. The van der Waals surface area contributed by atoms with Gasteiger partial charge in [-0.2, -0.15) is 0 Å². The van der Waals surface area contributed by atoms with Crippen LogP contribution in [0, 0.1) is 0 Å². The van der Waals surface area contributed by atoms with E-state index in [1.165, 1.54) is 12.3 Å². The number of aromatic nitrogens is 1. The summed E-state index contributed by atoms with van der Waals surface area (Å²) in [4.78, 5) is 40.5. The Morgan fingerprint density at radius 3 is 2.21 bits per heavy atom. The number of carbonyl (C=O) groups is 3. The lowest BCUT2D eigenvalue weighted by atomic mass is 10.1. The molecule has 0 saturated carbocycles. The maximum absolute atomic E-state index is 12.4. The standard InChI is InChI=1S/C34H27N3O6/c38-31(37-30-12-5-4-11-29(30)34(40)41)20-23-13-18-32(35-21-23)43-28-16-14-27(15-17-28)42-22-24-7-6-10-26(19-24)36-33(39)25-8-2-1-3-9-25/h1-19,21H,20,22H2,(H,36,39)(H,37,38)(H,40,41). The van der Waals surface area contributed by atoms with E-state index in [1.807, 2.05) is 42.5 Å². The number of pyridine rings is 1. The third kappa shape index (κ3) is 8.05. The molecule has 3 N–H and O–H groups in total. The van der Waals surface area contributed by atoms with Gasteiger partial charge < -0.3 is 25.2 Å². The highest BCUT2D eigenvalue weighted by Gasteiger charge is 2.12. The number of hydrogen-bond donors (Lipinski definition) is 3. The smallest absolute Gasteiger partial charge is 0.337 e. The average Bonchev–Trinajstić information content (AvgIpc) is 3.02. The number of nitrogens with zero attached hydrogens (tertiary/aromatic N) is 1. The number of nitrogens with one attached hydrogen (secondary N) is 2. The number of para-hydroxylation sites is 1. The first-order valence-corrected chi connectivity index (χ1v) is 13.4. The van der Waals surface area contributed by atoms with E-state index in [0.717, 1.165) is 5.56 Å². The summed E-state index contributed by atoms with van der Waals surface area (Å²) in [5, 5.41) is 14.8. The summed E-state index contributed by atoms with van der Waals surface area (Å²) < 4.78 is 11.7. The van der Waals surface area contributed by atoms with Gasteiger partial charge in [0.1, 0.15) is 18.1 Å². The van der Waals surface area contributed by atoms with Gasteiger partial charge in [-0.15, -0.1) is 0 Å². The molecule has 1 aromatic heterocycles. The van der Waals surface area contributed by atoms with Gasteiger partial charge in [-0.05, 0) is 71.8 Å². The van der Waals surface area contributed by atoms with Crippen molar-refractivity contribution in [3.8, 4) is 17.4 Å². The Kier molecular flexibility index (Phi) is 9.03. The number of rotatable bonds is 11. The summed E-state index contributed by atoms with van der Waals surface area (Å²) in [7, 11) is 0. The lowest BCUT2D eigenvalue weighted by molar-refractivity contribution is -0.115. The Morgan fingerprint density at radius 1 is 0.721 bits per heavy atom. The van der Waals surface area contributed by atoms with Crippen LogP contribution < -0.4 is 20.1 Å². The highest BCUT2D eigenvalue weighted by molar-refractivity contribution is 6.04. The van der Waals surface area contributed by atoms with Crippen molar-refractivity contribution in [3.63, 3.8) is 0 Å². The molecule has 0 bridgehead atoms. The van der Waals surface area contributed by atoms with Crippen molar-refractivity contribution in [1.82, 2.24) is 4.98 Å². The first-order chi connectivity index (χ1) is 20.9. The summed E-state index contributed by atoms with van der Waals surface area (Å²) in [6.45, 7) is 0.313. The van der Waals surface area contributed by atoms with Crippen LogP contribution in [-0.2, 0) is 17.8 Å². The predicted octanol–water partition coefficient (Wildman–Crippen LogP) is 6.58. The van der Waals surface area contributed by atoms with Crippen LogP contribution >= 0.6 is 0 Å². The molecule has 0 fully saturated rings. The second-order valence-corrected chi connectivity index (χ2v) is 9.46. The monoisotopic (exact) mass is 573 g/mol. The van der Waals surface area contributed by atoms with Gasteiger partial charge in [-0.25, -0.2) is 9.78 Å². The maximum atomic E-state index is 12.4. The van der Waals surface area contributed by atoms with E-state index in [9.17, 15) is 19.5 Å². The van der Waals surface area contributed by atoms with Crippen molar-refractivity contribution in [1.29, 1.82) is 0 Å². The molecule has 214 valence electrons. The normalized spacial score (nSPS) is 10.4. The number of anilines is 2. The number of aromatic carboxylic acids is 1.